The highest BCUT2D eigenvalue weighted by molar-refractivity contribution is 7.07. The third-order valence-electron chi connectivity index (χ3n) is 5.83. The highest BCUT2D eigenvalue weighted by atomic mass is 32.1. The van der Waals surface area contributed by atoms with E-state index in [9.17, 15) is 9.59 Å². The molecule has 1 atom stereocenters. The van der Waals surface area contributed by atoms with E-state index in [2.05, 4.69) is 4.99 Å². The molecule has 10 heteroatoms. The number of fused-ring (bicyclic) bond motifs is 1. The maximum absolute atomic E-state index is 13.9. The van der Waals surface area contributed by atoms with Crippen LogP contribution >= 0.6 is 11.3 Å². The Morgan fingerprint density at radius 2 is 1.89 bits per heavy atom. The topological polar surface area (TPSA) is 112 Å². The first-order chi connectivity index (χ1) is 18.4. The summed E-state index contributed by atoms with van der Waals surface area (Å²) in [6.45, 7) is 5.70. The maximum Gasteiger partial charge on any atom is 0.338 e. The average molecular weight is 534 g/mol. The van der Waals surface area contributed by atoms with Crippen LogP contribution in [0.15, 0.2) is 63.5 Å². The van der Waals surface area contributed by atoms with E-state index in [1.165, 1.54) is 23.0 Å². The molecule has 0 spiro atoms. The van der Waals surface area contributed by atoms with Gasteiger partial charge in [-0.15, -0.1) is 0 Å². The highest BCUT2D eigenvalue weighted by Crippen LogP contribution is 2.40. The monoisotopic (exact) mass is 533 g/mol. The lowest BCUT2D eigenvalue weighted by Crippen LogP contribution is -2.40. The fourth-order valence-corrected chi connectivity index (χ4v) is 5.31. The second kappa shape index (κ2) is 11.8. The van der Waals surface area contributed by atoms with Crippen LogP contribution < -0.4 is 29.1 Å². The van der Waals surface area contributed by atoms with E-state index in [4.69, 9.17) is 24.2 Å². The maximum atomic E-state index is 13.9. The van der Waals surface area contributed by atoms with Crippen LogP contribution in [0, 0.1) is 11.3 Å². The number of hydrogen-bond acceptors (Lipinski definition) is 9. The smallest absolute Gasteiger partial charge is 0.338 e. The van der Waals surface area contributed by atoms with Gasteiger partial charge in [-0.1, -0.05) is 41.7 Å². The van der Waals surface area contributed by atoms with Crippen LogP contribution in [0.2, 0.25) is 0 Å². The van der Waals surface area contributed by atoms with Crippen LogP contribution in [0.1, 0.15) is 37.9 Å². The molecule has 0 aliphatic carbocycles. The summed E-state index contributed by atoms with van der Waals surface area (Å²) in [4.78, 5) is 32.2. The number of benzene rings is 2. The molecule has 4 rings (SSSR count). The normalized spacial score (nSPS) is 14.8. The van der Waals surface area contributed by atoms with Gasteiger partial charge in [0.1, 0.15) is 17.9 Å². The van der Waals surface area contributed by atoms with Gasteiger partial charge in [-0.2, -0.15) is 5.26 Å². The molecule has 0 saturated carbocycles. The summed E-state index contributed by atoms with van der Waals surface area (Å²) >= 11 is 1.20. The van der Waals surface area contributed by atoms with Gasteiger partial charge in [0.15, 0.2) is 22.9 Å². The van der Waals surface area contributed by atoms with Crippen LogP contribution in [0.4, 0.5) is 0 Å². The molecule has 0 amide bonds. The molecule has 9 nitrogen and oxygen atoms in total. The van der Waals surface area contributed by atoms with Gasteiger partial charge in [0.05, 0.1) is 36.1 Å². The van der Waals surface area contributed by atoms with Gasteiger partial charge in [0.2, 0.25) is 0 Å². The number of ether oxygens (including phenoxy) is 4. The van der Waals surface area contributed by atoms with E-state index >= 15 is 0 Å². The molecule has 1 aliphatic rings. The number of thiazole rings is 1. The summed E-state index contributed by atoms with van der Waals surface area (Å²) < 4.78 is 24.3. The minimum atomic E-state index is -0.853. The third kappa shape index (κ3) is 5.06. The summed E-state index contributed by atoms with van der Waals surface area (Å²) in [6, 6.07) is 13.6. The zero-order valence-corrected chi connectivity index (χ0v) is 22.3. The number of nitrogens with zero attached hydrogens (tertiary/aromatic N) is 3. The average Bonchev–Trinajstić information content (AvgIpc) is 3.22. The summed E-state index contributed by atoms with van der Waals surface area (Å²) in [5.74, 6) is 0.830. The Labute approximate surface area is 223 Å². The number of aromatic nitrogens is 1. The second-order valence-corrected chi connectivity index (χ2v) is 9.11. The van der Waals surface area contributed by atoms with Gasteiger partial charge in [-0.05, 0) is 39.0 Å². The van der Waals surface area contributed by atoms with Crippen LogP contribution in [-0.4, -0.2) is 37.5 Å². The van der Waals surface area contributed by atoms with Crippen molar-refractivity contribution in [3.63, 3.8) is 0 Å². The Bertz CT molecular complexity index is 1610. The Kier molecular flexibility index (Phi) is 8.28. The molecule has 1 aromatic heterocycles. The number of methoxy groups -OCH3 is 1. The van der Waals surface area contributed by atoms with E-state index in [0.29, 0.717) is 50.0 Å². The molecule has 0 fully saturated rings. The van der Waals surface area contributed by atoms with Gasteiger partial charge in [-0.3, -0.25) is 9.36 Å². The van der Waals surface area contributed by atoms with Crippen LogP contribution in [-0.2, 0) is 9.53 Å². The van der Waals surface area contributed by atoms with Gasteiger partial charge in [0.25, 0.3) is 5.56 Å². The van der Waals surface area contributed by atoms with Crippen molar-refractivity contribution in [1.29, 1.82) is 5.26 Å². The molecule has 38 heavy (non-hydrogen) atoms. The van der Waals surface area contributed by atoms with Gasteiger partial charge in [0, 0.05) is 11.1 Å². The fourth-order valence-electron chi connectivity index (χ4n) is 4.28. The number of hydrogen-bond donors (Lipinski definition) is 0. The molecule has 3 aromatic rings. The molecule has 2 heterocycles. The SMILES string of the molecule is CCOC(=O)C1=C(C)N=c2s/c(=C\c3ccccc3OCC#N)c(=O)n2[C@@H]1c1cccc(OC)c1OCC. The molecule has 2 aromatic carbocycles. The second-order valence-electron chi connectivity index (χ2n) is 8.10. The van der Waals surface area contributed by atoms with Crippen molar-refractivity contribution in [3.05, 3.63) is 84.5 Å². The molecule has 0 unspecified atom stereocenters. The molecular weight excluding hydrogens is 506 g/mol. The number of carbonyl (C=O) groups is 1. The molecule has 0 bridgehead atoms. The van der Waals surface area contributed by atoms with Crippen molar-refractivity contribution < 1.29 is 23.7 Å². The van der Waals surface area contributed by atoms with E-state index in [0.717, 1.165) is 0 Å². The summed E-state index contributed by atoms with van der Waals surface area (Å²) in [6.07, 6.45) is 1.70. The Morgan fingerprint density at radius 1 is 1.13 bits per heavy atom. The summed E-state index contributed by atoms with van der Waals surface area (Å²) in [5.41, 5.74) is 1.58. The standard InChI is InChI=1S/C28H27N3O6S/c1-5-35-25-19(11-9-13-21(25)34-4)24-23(27(33)36-6-2)17(3)30-28-31(24)26(32)22(38-28)16-18-10-7-8-12-20(18)37-15-14-29/h7-13,16,24H,5-6,15H2,1-4H3/b22-16-/t24-/m1/s1. The molecular formula is C28H27N3O6S. The Hall–Kier alpha value is -4.36. The van der Waals surface area contributed by atoms with E-state index in [1.807, 2.05) is 19.1 Å². The van der Waals surface area contributed by atoms with Crippen molar-refractivity contribution in [1.82, 2.24) is 4.57 Å². The first kappa shape index (κ1) is 26.7. The number of esters is 1. The van der Waals surface area contributed by atoms with E-state index in [-0.39, 0.29) is 24.3 Å². The van der Waals surface area contributed by atoms with Gasteiger partial charge >= 0.3 is 5.97 Å². The van der Waals surface area contributed by atoms with E-state index < -0.39 is 12.0 Å². The largest absolute Gasteiger partial charge is 0.493 e. The summed E-state index contributed by atoms with van der Waals surface area (Å²) in [7, 11) is 1.53. The first-order valence-corrected chi connectivity index (χ1v) is 12.8. The van der Waals surface area contributed by atoms with Crippen LogP contribution in [0.3, 0.4) is 0 Å². The zero-order chi connectivity index (χ0) is 27.2. The Balaban J connectivity index is 2.00. The van der Waals surface area contributed by atoms with Crippen LogP contribution in [0.25, 0.3) is 6.08 Å². The number of nitriles is 1. The quantitative estimate of drug-likeness (QED) is 0.389. The molecule has 0 radical (unpaired) electrons. The lowest BCUT2D eigenvalue weighted by atomic mass is 9.94. The predicted octanol–water partition coefficient (Wildman–Crippen LogP) is 3.11. The lowest BCUT2D eigenvalue weighted by molar-refractivity contribution is -0.139. The lowest BCUT2D eigenvalue weighted by Gasteiger charge is -2.26. The summed E-state index contributed by atoms with van der Waals surface area (Å²) in [5, 5.41) is 8.92. The van der Waals surface area contributed by atoms with E-state index in [1.54, 1.807) is 56.3 Å². The minimum Gasteiger partial charge on any atom is -0.493 e. The van der Waals surface area contributed by atoms with Crippen molar-refractivity contribution in [2.75, 3.05) is 26.9 Å². The first-order valence-electron chi connectivity index (χ1n) is 12.0. The van der Waals surface area contributed by atoms with Gasteiger partial charge in [-0.25, -0.2) is 9.79 Å². The van der Waals surface area contributed by atoms with Crippen LogP contribution in [0.5, 0.6) is 17.2 Å². The van der Waals surface area contributed by atoms with Gasteiger partial charge < -0.3 is 18.9 Å². The number of rotatable bonds is 9. The van der Waals surface area contributed by atoms with Crippen molar-refractivity contribution in [3.8, 4) is 23.3 Å². The minimum absolute atomic E-state index is 0.121. The number of para-hydroxylation sites is 2. The zero-order valence-electron chi connectivity index (χ0n) is 21.5. The van der Waals surface area contributed by atoms with Crippen molar-refractivity contribution in [2.24, 2.45) is 4.99 Å². The number of allylic oxidation sites excluding steroid dienone is 1. The molecule has 0 N–H and O–H groups in total. The van der Waals surface area contributed by atoms with Crippen molar-refractivity contribution in [2.45, 2.75) is 26.8 Å². The fraction of sp³-hybridized carbons (Fsp3) is 0.286. The molecule has 196 valence electrons. The third-order valence-corrected chi connectivity index (χ3v) is 6.81. The Morgan fingerprint density at radius 3 is 2.61 bits per heavy atom. The highest BCUT2D eigenvalue weighted by Gasteiger charge is 2.36. The molecule has 0 saturated heterocycles. The predicted molar refractivity (Wildman–Crippen MR) is 142 cm³/mol. The van der Waals surface area contributed by atoms with Crippen molar-refractivity contribution >= 4 is 23.4 Å². The molecule has 1 aliphatic heterocycles. The number of carbonyl (C=O) groups excluding carboxylic acids is 1.